The number of amides is 1. The second kappa shape index (κ2) is 9.27. The average molecular weight is 372 g/mol. The van der Waals surface area contributed by atoms with Gasteiger partial charge in [-0.05, 0) is 29.4 Å². The van der Waals surface area contributed by atoms with Gasteiger partial charge < -0.3 is 11.1 Å². The van der Waals surface area contributed by atoms with Crippen LogP contribution in [0.4, 0.5) is 5.69 Å². The molecule has 0 aliphatic heterocycles. The van der Waals surface area contributed by atoms with E-state index >= 15 is 0 Å². The van der Waals surface area contributed by atoms with E-state index in [2.05, 4.69) is 30.2 Å². The molecule has 1 heterocycles. The fourth-order valence-corrected chi connectivity index (χ4v) is 3.41. The molecule has 0 aliphatic rings. The highest BCUT2D eigenvalue weighted by Crippen LogP contribution is 2.25. The summed E-state index contributed by atoms with van der Waals surface area (Å²) in [6, 6.07) is 6.01. The largest absolute Gasteiger partial charge is 0.325 e. The number of carbonyl (C=O) groups is 1. The molecule has 2 rings (SSSR count). The van der Waals surface area contributed by atoms with E-state index in [1.54, 1.807) is 5.38 Å². The number of nitrogens with two attached hydrogens (primary N) is 1. The second-order valence-corrected chi connectivity index (χ2v) is 7.74. The van der Waals surface area contributed by atoms with Crippen LogP contribution in [-0.4, -0.2) is 16.1 Å². The molecular formula is C16H22ClN3OS2. The number of benzene rings is 1. The van der Waals surface area contributed by atoms with Crippen LogP contribution < -0.4 is 11.1 Å². The number of carbonyl (C=O) groups excluding carboxylic acids is 1. The third-order valence-electron chi connectivity index (χ3n) is 3.23. The fraction of sp³-hybridized carbons (Fsp3) is 0.375. The van der Waals surface area contributed by atoms with Gasteiger partial charge in [-0.25, -0.2) is 4.98 Å². The molecule has 7 heteroatoms. The van der Waals surface area contributed by atoms with Gasteiger partial charge in [0.2, 0.25) is 0 Å². The van der Waals surface area contributed by atoms with Gasteiger partial charge in [0.05, 0.1) is 0 Å². The summed E-state index contributed by atoms with van der Waals surface area (Å²) in [5, 5.41) is 6.04. The van der Waals surface area contributed by atoms with Gasteiger partial charge in [-0.15, -0.1) is 23.7 Å². The highest BCUT2D eigenvalue weighted by atomic mass is 35.5. The van der Waals surface area contributed by atoms with Crippen molar-refractivity contribution in [3.8, 4) is 0 Å². The van der Waals surface area contributed by atoms with Crippen LogP contribution in [0, 0.1) is 6.92 Å². The normalized spacial score (nSPS) is 10.5. The van der Waals surface area contributed by atoms with E-state index in [9.17, 15) is 4.79 Å². The van der Waals surface area contributed by atoms with Gasteiger partial charge in [0.25, 0.3) is 5.91 Å². The SMILES string of the molecule is Cc1c(CSC(C)C)cccc1NC(=O)c1csc(CN)n1.Cl. The Morgan fingerprint density at radius 1 is 1.43 bits per heavy atom. The Labute approximate surface area is 151 Å². The quantitative estimate of drug-likeness (QED) is 0.797. The molecule has 23 heavy (non-hydrogen) atoms. The van der Waals surface area contributed by atoms with E-state index in [-0.39, 0.29) is 18.3 Å². The molecule has 0 saturated carbocycles. The van der Waals surface area contributed by atoms with Gasteiger partial charge in [-0.2, -0.15) is 11.8 Å². The van der Waals surface area contributed by atoms with Gasteiger partial charge in [-0.3, -0.25) is 4.79 Å². The smallest absolute Gasteiger partial charge is 0.275 e. The summed E-state index contributed by atoms with van der Waals surface area (Å²) in [5.41, 5.74) is 9.15. The highest BCUT2D eigenvalue weighted by molar-refractivity contribution is 7.99. The standard InChI is InChI=1S/C16H21N3OS2.ClH/c1-10(2)21-8-12-5-4-6-13(11(12)3)19-16(20)14-9-22-15(7-17)18-14;/h4-6,9-10H,7-8,17H2,1-3H3,(H,19,20);1H. The second-order valence-electron chi connectivity index (χ2n) is 5.23. The lowest BCUT2D eigenvalue weighted by molar-refractivity contribution is 0.102. The number of hydrogen-bond donors (Lipinski definition) is 2. The van der Waals surface area contributed by atoms with Crippen LogP contribution in [0.1, 0.15) is 40.5 Å². The first-order valence-corrected chi connectivity index (χ1v) is 9.10. The molecule has 4 nitrogen and oxygen atoms in total. The minimum atomic E-state index is -0.187. The number of nitrogens with one attached hydrogen (secondary N) is 1. The van der Waals surface area contributed by atoms with Crippen molar-refractivity contribution >= 4 is 47.1 Å². The number of halogens is 1. The Hall–Kier alpha value is -1.08. The van der Waals surface area contributed by atoms with Gasteiger partial charge in [0.1, 0.15) is 10.7 Å². The number of thiazole rings is 1. The van der Waals surface area contributed by atoms with E-state index in [0.29, 0.717) is 17.5 Å². The van der Waals surface area contributed by atoms with E-state index in [4.69, 9.17) is 5.73 Å². The van der Waals surface area contributed by atoms with Crippen LogP contribution in [0.2, 0.25) is 0 Å². The first-order valence-electron chi connectivity index (χ1n) is 7.17. The predicted molar refractivity (Wildman–Crippen MR) is 103 cm³/mol. The van der Waals surface area contributed by atoms with Crippen LogP contribution in [-0.2, 0) is 12.3 Å². The molecule has 126 valence electrons. The summed E-state index contributed by atoms with van der Waals surface area (Å²) in [4.78, 5) is 16.5. The van der Waals surface area contributed by atoms with Crippen molar-refractivity contribution in [1.29, 1.82) is 0 Å². The molecule has 0 fully saturated rings. The van der Waals surface area contributed by atoms with Crippen LogP contribution in [0.25, 0.3) is 0 Å². The van der Waals surface area contributed by atoms with Crippen molar-refractivity contribution in [3.05, 3.63) is 45.4 Å². The van der Waals surface area contributed by atoms with Crippen molar-refractivity contribution in [2.75, 3.05) is 5.32 Å². The van der Waals surface area contributed by atoms with E-state index < -0.39 is 0 Å². The van der Waals surface area contributed by atoms with Crippen molar-refractivity contribution < 1.29 is 4.79 Å². The molecule has 0 unspecified atom stereocenters. The van der Waals surface area contributed by atoms with Gasteiger partial charge in [-0.1, -0.05) is 26.0 Å². The molecule has 3 N–H and O–H groups in total. The van der Waals surface area contributed by atoms with Gasteiger partial charge >= 0.3 is 0 Å². The van der Waals surface area contributed by atoms with E-state index in [0.717, 1.165) is 22.0 Å². The fourth-order valence-electron chi connectivity index (χ4n) is 1.93. The lowest BCUT2D eigenvalue weighted by Gasteiger charge is -2.13. The number of rotatable bonds is 6. The molecule has 0 saturated heterocycles. The molecule has 2 aromatic rings. The molecule has 0 spiro atoms. The Bertz CT molecular complexity index is 659. The molecule has 0 atom stereocenters. The number of anilines is 1. The zero-order chi connectivity index (χ0) is 16.1. The molecule has 1 aromatic heterocycles. The summed E-state index contributed by atoms with van der Waals surface area (Å²) in [7, 11) is 0. The minimum absolute atomic E-state index is 0. The van der Waals surface area contributed by atoms with E-state index in [1.165, 1.54) is 16.9 Å². The molecule has 1 aromatic carbocycles. The monoisotopic (exact) mass is 371 g/mol. The first kappa shape index (κ1) is 20.0. The van der Waals surface area contributed by atoms with Crippen molar-refractivity contribution in [1.82, 2.24) is 4.98 Å². The third-order valence-corrected chi connectivity index (χ3v) is 5.24. The molecule has 0 bridgehead atoms. The van der Waals surface area contributed by atoms with Crippen molar-refractivity contribution in [3.63, 3.8) is 0 Å². The number of hydrogen-bond acceptors (Lipinski definition) is 5. The number of nitrogens with zero attached hydrogens (tertiary/aromatic N) is 1. The molecule has 0 radical (unpaired) electrons. The lowest BCUT2D eigenvalue weighted by atomic mass is 10.1. The summed E-state index contributed by atoms with van der Waals surface area (Å²) in [5.74, 6) is 0.758. The zero-order valence-electron chi connectivity index (χ0n) is 13.5. The predicted octanol–water partition coefficient (Wildman–Crippen LogP) is 4.23. The Morgan fingerprint density at radius 3 is 2.78 bits per heavy atom. The van der Waals surface area contributed by atoms with Crippen LogP contribution in [0.15, 0.2) is 23.6 Å². The number of thioether (sulfide) groups is 1. The zero-order valence-corrected chi connectivity index (χ0v) is 15.9. The lowest BCUT2D eigenvalue weighted by Crippen LogP contribution is -2.14. The van der Waals surface area contributed by atoms with Crippen molar-refractivity contribution in [2.45, 2.75) is 38.3 Å². The van der Waals surface area contributed by atoms with Gasteiger partial charge in [0, 0.05) is 23.4 Å². The van der Waals surface area contributed by atoms with Crippen molar-refractivity contribution in [2.24, 2.45) is 5.73 Å². The maximum absolute atomic E-state index is 12.3. The van der Waals surface area contributed by atoms with E-state index in [1.807, 2.05) is 30.8 Å². The Morgan fingerprint density at radius 2 is 2.17 bits per heavy atom. The molecule has 1 amide bonds. The maximum atomic E-state index is 12.3. The topological polar surface area (TPSA) is 68.0 Å². The summed E-state index contributed by atoms with van der Waals surface area (Å²) in [6.45, 7) is 6.77. The maximum Gasteiger partial charge on any atom is 0.275 e. The van der Waals surface area contributed by atoms with Gasteiger partial charge in [0.15, 0.2) is 0 Å². The van der Waals surface area contributed by atoms with Crippen LogP contribution in [0.3, 0.4) is 0 Å². The third kappa shape index (κ3) is 5.49. The Balaban J connectivity index is 0.00000264. The molecule has 0 aliphatic carbocycles. The highest BCUT2D eigenvalue weighted by Gasteiger charge is 2.13. The summed E-state index contributed by atoms with van der Waals surface area (Å²) in [6.07, 6.45) is 0. The molecular weight excluding hydrogens is 350 g/mol. The summed E-state index contributed by atoms with van der Waals surface area (Å²) >= 11 is 3.30. The van der Waals surface area contributed by atoms with Crippen LogP contribution >= 0.6 is 35.5 Å². The van der Waals surface area contributed by atoms with Crippen LogP contribution in [0.5, 0.6) is 0 Å². The Kier molecular flexibility index (Phi) is 8.05. The first-order chi connectivity index (χ1) is 10.5. The minimum Gasteiger partial charge on any atom is -0.325 e. The number of aromatic nitrogens is 1. The summed E-state index contributed by atoms with van der Waals surface area (Å²) < 4.78 is 0. The average Bonchev–Trinajstić information content (AvgIpc) is 2.97.